The van der Waals surface area contributed by atoms with Gasteiger partial charge in [0.25, 0.3) is 0 Å². The van der Waals surface area contributed by atoms with Crippen molar-refractivity contribution in [3.63, 3.8) is 0 Å². The number of piperazine rings is 1. The zero-order valence-electron chi connectivity index (χ0n) is 19.2. The van der Waals surface area contributed by atoms with Gasteiger partial charge in [-0.2, -0.15) is 0 Å². The largest absolute Gasteiger partial charge is 0.369 e. The summed E-state index contributed by atoms with van der Waals surface area (Å²) in [6, 6.07) is 14.3. The molecule has 33 heavy (non-hydrogen) atoms. The summed E-state index contributed by atoms with van der Waals surface area (Å²) in [5.74, 6) is -0.181. The molecule has 1 saturated heterocycles. The number of benzene rings is 2. The average molecular weight is 473 g/mol. The van der Waals surface area contributed by atoms with Gasteiger partial charge in [-0.05, 0) is 68.3 Å². The number of carbonyl (C=O) groups excluding carboxylic acids is 2. The number of carbonyl (C=O) groups is 2. The predicted molar refractivity (Wildman–Crippen MR) is 134 cm³/mol. The molecule has 1 aliphatic rings. The van der Waals surface area contributed by atoms with Gasteiger partial charge in [-0.1, -0.05) is 12.1 Å². The van der Waals surface area contributed by atoms with Crippen molar-refractivity contribution in [2.45, 2.75) is 19.8 Å². The minimum Gasteiger partial charge on any atom is -0.369 e. The van der Waals surface area contributed by atoms with E-state index in [2.05, 4.69) is 51.6 Å². The van der Waals surface area contributed by atoms with Gasteiger partial charge in [0, 0.05) is 44.1 Å². The number of hydrogen-bond donors (Lipinski definition) is 2. The molecule has 0 aromatic heterocycles. The van der Waals surface area contributed by atoms with Crippen LogP contribution in [-0.4, -0.2) is 67.5 Å². The summed E-state index contributed by atoms with van der Waals surface area (Å²) in [5, 5.41) is 5.61. The zero-order chi connectivity index (χ0) is 23.5. The number of thioether (sulfide) groups is 1. The van der Waals surface area contributed by atoms with Crippen LogP contribution >= 0.6 is 11.8 Å². The average Bonchev–Trinajstić information content (AvgIpc) is 2.81. The van der Waals surface area contributed by atoms with E-state index in [0.717, 1.165) is 45.6 Å². The van der Waals surface area contributed by atoms with Crippen LogP contribution in [0.25, 0.3) is 0 Å². The van der Waals surface area contributed by atoms with Gasteiger partial charge in [0.05, 0.1) is 11.5 Å². The lowest BCUT2D eigenvalue weighted by Crippen LogP contribution is -2.46. The van der Waals surface area contributed by atoms with E-state index in [1.165, 1.54) is 47.3 Å². The first-order valence-electron chi connectivity index (χ1n) is 11.4. The summed E-state index contributed by atoms with van der Waals surface area (Å²) < 4.78 is 12.9. The lowest BCUT2D eigenvalue weighted by atomic mass is 10.2. The van der Waals surface area contributed by atoms with E-state index in [4.69, 9.17) is 0 Å². The third-order valence-corrected chi connectivity index (χ3v) is 6.49. The molecule has 1 fully saturated rings. The molecule has 0 bridgehead atoms. The first kappa shape index (κ1) is 25.1. The molecule has 0 aliphatic carbocycles. The van der Waals surface area contributed by atoms with Crippen LogP contribution in [0.15, 0.2) is 48.5 Å². The van der Waals surface area contributed by atoms with Crippen LogP contribution in [0.5, 0.6) is 0 Å². The van der Waals surface area contributed by atoms with Crippen molar-refractivity contribution in [1.29, 1.82) is 0 Å². The number of aryl methyl sites for hydroxylation is 1. The van der Waals surface area contributed by atoms with Crippen molar-refractivity contribution < 1.29 is 14.0 Å². The molecule has 2 N–H and O–H groups in total. The van der Waals surface area contributed by atoms with Gasteiger partial charge in [0.2, 0.25) is 11.8 Å². The summed E-state index contributed by atoms with van der Waals surface area (Å²) in [5.41, 5.74) is 3.15. The van der Waals surface area contributed by atoms with Gasteiger partial charge >= 0.3 is 0 Å². The Labute approximate surface area is 199 Å². The van der Waals surface area contributed by atoms with E-state index in [-0.39, 0.29) is 29.1 Å². The fourth-order valence-corrected chi connectivity index (χ4v) is 4.41. The van der Waals surface area contributed by atoms with Crippen LogP contribution < -0.4 is 15.5 Å². The van der Waals surface area contributed by atoms with Crippen molar-refractivity contribution in [2.24, 2.45) is 0 Å². The number of hydrogen-bond acceptors (Lipinski definition) is 5. The topological polar surface area (TPSA) is 64.7 Å². The molecule has 0 radical (unpaired) electrons. The van der Waals surface area contributed by atoms with Gasteiger partial charge in [0.1, 0.15) is 5.82 Å². The molecule has 1 heterocycles. The van der Waals surface area contributed by atoms with E-state index in [0.29, 0.717) is 12.2 Å². The maximum atomic E-state index is 12.9. The minimum absolute atomic E-state index is 0.0543. The summed E-state index contributed by atoms with van der Waals surface area (Å²) >= 11 is 1.27. The molecule has 8 heteroatoms. The van der Waals surface area contributed by atoms with E-state index < -0.39 is 0 Å². The molecule has 2 aromatic carbocycles. The fraction of sp³-hybridized carbons (Fsp3) is 0.440. The van der Waals surface area contributed by atoms with Gasteiger partial charge in [-0.25, -0.2) is 4.39 Å². The van der Waals surface area contributed by atoms with Crippen molar-refractivity contribution >= 4 is 35.0 Å². The Morgan fingerprint density at radius 1 is 0.970 bits per heavy atom. The number of amides is 2. The fourth-order valence-electron chi connectivity index (χ4n) is 3.76. The Bertz CT molecular complexity index is 902. The standard InChI is InChI=1S/C25H33FN4O2S/c1-20-5-4-6-23(17-20)30-15-13-29(14-16-30)12-3-2-11-27-24(31)18-33-19-25(32)28-22-9-7-21(26)8-10-22/h4-10,17H,2-3,11-16,18-19H2,1H3,(H,27,31)(H,28,32). The molecule has 178 valence electrons. The number of nitrogens with zero attached hydrogens (tertiary/aromatic N) is 2. The van der Waals surface area contributed by atoms with Crippen molar-refractivity contribution in [2.75, 3.05) is 61.0 Å². The second-order valence-electron chi connectivity index (χ2n) is 8.27. The Morgan fingerprint density at radius 2 is 1.70 bits per heavy atom. The van der Waals surface area contributed by atoms with E-state index in [9.17, 15) is 14.0 Å². The number of halogens is 1. The first-order valence-corrected chi connectivity index (χ1v) is 12.6. The molecule has 6 nitrogen and oxygen atoms in total. The highest BCUT2D eigenvalue weighted by Gasteiger charge is 2.16. The highest BCUT2D eigenvalue weighted by molar-refractivity contribution is 8.00. The molecule has 0 spiro atoms. The molecule has 2 amide bonds. The second kappa shape index (κ2) is 13.2. The van der Waals surface area contributed by atoms with Gasteiger partial charge in [0.15, 0.2) is 0 Å². The van der Waals surface area contributed by atoms with Crippen LogP contribution in [0, 0.1) is 12.7 Å². The van der Waals surface area contributed by atoms with E-state index in [1.807, 2.05) is 0 Å². The third-order valence-electron chi connectivity index (χ3n) is 5.56. The normalized spacial score (nSPS) is 14.2. The van der Waals surface area contributed by atoms with E-state index in [1.54, 1.807) is 0 Å². The van der Waals surface area contributed by atoms with Crippen LogP contribution in [0.1, 0.15) is 18.4 Å². The zero-order valence-corrected chi connectivity index (χ0v) is 20.0. The second-order valence-corrected chi connectivity index (χ2v) is 9.26. The Morgan fingerprint density at radius 3 is 2.42 bits per heavy atom. The van der Waals surface area contributed by atoms with Gasteiger partial charge < -0.3 is 15.5 Å². The maximum absolute atomic E-state index is 12.9. The highest BCUT2D eigenvalue weighted by atomic mass is 32.2. The summed E-state index contributed by atoms with van der Waals surface area (Å²) in [4.78, 5) is 28.8. The lowest BCUT2D eigenvalue weighted by molar-refractivity contribution is -0.118. The predicted octanol–water partition coefficient (Wildman–Crippen LogP) is 3.52. The van der Waals surface area contributed by atoms with Crippen LogP contribution in [0.2, 0.25) is 0 Å². The molecular weight excluding hydrogens is 439 g/mol. The Kier molecular flexibility index (Phi) is 10.0. The molecule has 0 unspecified atom stereocenters. The molecule has 0 saturated carbocycles. The van der Waals surface area contributed by atoms with Crippen molar-refractivity contribution in [3.8, 4) is 0 Å². The highest BCUT2D eigenvalue weighted by Crippen LogP contribution is 2.18. The van der Waals surface area contributed by atoms with Crippen molar-refractivity contribution in [1.82, 2.24) is 10.2 Å². The van der Waals surface area contributed by atoms with Gasteiger partial charge in [-0.3, -0.25) is 14.5 Å². The smallest absolute Gasteiger partial charge is 0.234 e. The molecule has 3 rings (SSSR count). The summed E-state index contributed by atoms with van der Waals surface area (Å²) in [7, 11) is 0. The molecular formula is C25H33FN4O2S. The van der Waals surface area contributed by atoms with Crippen molar-refractivity contribution in [3.05, 3.63) is 59.9 Å². The number of nitrogens with one attached hydrogen (secondary N) is 2. The molecule has 1 aliphatic heterocycles. The first-order chi connectivity index (χ1) is 16.0. The van der Waals surface area contributed by atoms with Crippen LogP contribution in [0.4, 0.5) is 15.8 Å². The third kappa shape index (κ3) is 9.06. The molecule has 0 atom stereocenters. The SMILES string of the molecule is Cc1cccc(N2CCN(CCCCNC(=O)CSCC(=O)Nc3ccc(F)cc3)CC2)c1. The monoisotopic (exact) mass is 472 g/mol. The Balaban J connectivity index is 1.19. The number of rotatable bonds is 11. The van der Waals surface area contributed by atoms with E-state index >= 15 is 0 Å². The summed E-state index contributed by atoms with van der Waals surface area (Å²) in [6.45, 7) is 8.07. The number of unbranched alkanes of at least 4 members (excludes halogenated alkanes) is 1. The van der Waals surface area contributed by atoms with Crippen LogP contribution in [-0.2, 0) is 9.59 Å². The minimum atomic E-state index is -0.347. The van der Waals surface area contributed by atoms with Crippen LogP contribution in [0.3, 0.4) is 0 Å². The summed E-state index contributed by atoms with van der Waals surface area (Å²) in [6.07, 6.45) is 2.00. The lowest BCUT2D eigenvalue weighted by Gasteiger charge is -2.36. The van der Waals surface area contributed by atoms with Gasteiger partial charge in [-0.15, -0.1) is 11.8 Å². The quantitative estimate of drug-likeness (QED) is 0.490. The number of anilines is 2. The molecule has 2 aromatic rings. The Hall–Kier alpha value is -2.58. The maximum Gasteiger partial charge on any atom is 0.234 e.